The molecule has 0 saturated carbocycles. The van der Waals surface area contributed by atoms with E-state index in [2.05, 4.69) is 20.6 Å². The van der Waals surface area contributed by atoms with Crippen LogP contribution in [0.15, 0.2) is 30.7 Å². The van der Waals surface area contributed by atoms with Crippen molar-refractivity contribution in [3.8, 4) is 0 Å². The number of carboxylic acid groups (broad SMARTS) is 1. The summed E-state index contributed by atoms with van der Waals surface area (Å²) in [7, 11) is 0. The topological polar surface area (TPSA) is 110 Å². The lowest BCUT2D eigenvalue weighted by Gasteiger charge is -2.05. The monoisotopic (exact) mass is 261 g/mol. The molecule has 2 aromatic rings. The first-order chi connectivity index (χ1) is 9.15. The van der Waals surface area contributed by atoms with Crippen LogP contribution in [0, 0.1) is 0 Å². The Morgan fingerprint density at radius 2 is 2.21 bits per heavy atom. The predicted molar refractivity (Wildman–Crippen MR) is 63.1 cm³/mol. The maximum atomic E-state index is 11.6. The zero-order chi connectivity index (χ0) is 13.7. The third kappa shape index (κ3) is 3.60. The predicted octanol–water partition coefficient (Wildman–Crippen LogP) is -0.312. The zero-order valence-corrected chi connectivity index (χ0v) is 9.85. The van der Waals surface area contributed by atoms with Gasteiger partial charge in [-0.15, -0.1) is 5.10 Å². The molecular weight excluding hydrogens is 250 g/mol. The summed E-state index contributed by atoms with van der Waals surface area (Å²) in [6.07, 6.45) is 4.44. The van der Waals surface area contributed by atoms with E-state index in [-0.39, 0.29) is 24.6 Å². The molecule has 2 aromatic heterocycles. The zero-order valence-electron chi connectivity index (χ0n) is 9.85. The van der Waals surface area contributed by atoms with E-state index in [1.807, 2.05) is 0 Å². The Morgan fingerprint density at radius 1 is 1.37 bits per heavy atom. The van der Waals surface area contributed by atoms with Crippen LogP contribution >= 0.6 is 0 Å². The van der Waals surface area contributed by atoms with E-state index in [4.69, 9.17) is 5.11 Å². The minimum atomic E-state index is -1.03. The fraction of sp³-hybridized carbons (Fsp3) is 0.182. The van der Waals surface area contributed by atoms with Gasteiger partial charge in [-0.2, -0.15) is 0 Å². The van der Waals surface area contributed by atoms with Gasteiger partial charge in [-0.3, -0.25) is 9.78 Å². The number of nitrogens with one attached hydrogen (secondary N) is 1. The SMILES string of the molecule is O=C(Cn1ccnn1)NCc1cc(C(=O)O)ccn1. The smallest absolute Gasteiger partial charge is 0.335 e. The second kappa shape index (κ2) is 5.71. The van der Waals surface area contributed by atoms with Gasteiger partial charge in [-0.1, -0.05) is 5.21 Å². The van der Waals surface area contributed by atoms with Gasteiger partial charge in [0.05, 0.1) is 24.0 Å². The lowest BCUT2D eigenvalue weighted by molar-refractivity contribution is -0.122. The number of carbonyl (C=O) groups excluding carboxylic acids is 1. The lowest BCUT2D eigenvalue weighted by atomic mass is 10.2. The molecule has 0 spiro atoms. The number of hydrogen-bond acceptors (Lipinski definition) is 5. The molecule has 0 aliphatic heterocycles. The molecule has 2 N–H and O–H groups in total. The highest BCUT2D eigenvalue weighted by molar-refractivity contribution is 5.87. The standard InChI is InChI=1S/C11H11N5O3/c17-10(7-16-4-3-14-15-16)13-6-9-5-8(11(18)19)1-2-12-9/h1-5H,6-7H2,(H,13,17)(H,18,19). The molecule has 2 heterocycles. The normalized spacial score (nSPS) is 10.1. The summed E-state index contributed by atoms with van der Waals surface area (Å²) in [5, 5.41) is 18.7. The van der Waals surface area contributed by atoms with Crippen LogP contribution in [0.2, 0.25) is 0 Å². The van der Waals surface area contributed by atoms with Crippen molar-refractivity contribution >= 4 is 11.9 Å². The second-order valence-corrected chi connectivity index (χ2v) is 3.72. The van der Waals surface area contributed by atoms with Gasteiger partial charge in [0.2, 0.25) is 5.91 Å². The Bertz CT molecular complexity index is 582. The van der Waals surface area contributed by atoms with Crippen molar-refractivity contribution in [2.45, 2.75) is 13.1 Å². The highest BCUT2D eigenvalue weighted by atomic mass is 16.4. The van der Waals surface area contributed by atoms with E-state index >= 15 is 0 Å². The Balaban J connectivity index is 1.89. The Morgan fingerprint density at radius 3 is 2.89 bits per heavy atom. The van der Waals surface area contributed by atoms with Crippen LogP contribution in [-0.4, -0.2) is 37.0 Å². The minimum absolute atomic E-state index is 0.0542. The summed E-state index contributed by atoms with van der Waals surface area (Å²) < 4.78 is 1.39. The number of carbonyl (C=O) groups is 2. The number of pyridine rings is 1. The molecule has 8 nitrogen and oxygen atoms in total. The highest BCUT2D eigenvalue weighted by Crippen LogP contribution is 2.01. The molecule has 98 valence electrons. The number of nitrogens with zero attached hydrogens (tertiary/aromatic N) is 4. The molecule has 0 bridgehead atoms. The second-order valence-electron chi connectivity index (χ2n) is 3.72. The molecular formula is C11H11N5O3. The largest absolute Gasteiger partial charge is 0.478 e. The maximum absolute atomic E-state index is 11.6. The van der Waals surface area contributed by atoms with Crippen molar-refractivity contribution in [2.24, 2.45) is 0 Å². The van der Waals surface area contributed by atoms with Gasteiger partial charge < -0.3 is 10.4 Å². The van der Waals surface area contributed by atoms with Gasteiger partial charge in [0.25, 0.3) is 0 Å². The fourth-order valence-electron chi connectivity index (χ4n) is 1.42. The Hall–Kier alpha value is -2.77. The van der Waals surface area contributed by atoms with Gasteiger partial charge in [-0.25, -0.2) is 9.48 Å². The van der Waals surface area contributed by atoms with Crippen molar-refractivity contribution in [2.75, 3.05) is 0 Å². The van der Waals surface area contributed by atoms with Crippen LogP contribution in [0.25, 0.3) is 0 Å². The van der Waals surface area contributed by atoms with Crippen LogP contribution in [0.3, 0.4) is 0 Å². The van der Waals surface area contributed by atoms with Gasteiger partial charge >= 0.3 is 5.97 Å². The van der Waals surface area contributed by atoms with Crippen molar-refractivity contribution in [3.63, 3.8) is 0 Å². The van der Waals surface area contributed by atoms with Gasteiger partial charge in [0, 0.05) is 12.4 Å². The first kappa shape index (κ1) is 12.7. The molecule has 0 fully saturated rings. The van der Waals surface area contributed by atoms with E-state index in [9.17, 15) is 9.59 Å². The average molecular weight is 261 g/mol. The molecule has 2 rings (SSSR count). The molecule has 0 aliphatic carbocycles. The van der Waals surface area contributed by atoms with E-state index < -0.39 is 5.97 Å². The van der Waals surface area contributed by atoms with E-state index in [0.717, 1.165) is 0 Å². The summed E-state index contributed by atoms with van der Waals surface area (Å²) in [6, 6.07) is 2.81. The number of carboxylic acids is 1. The van der Waals surface area contributed by atoms with Crippen molar-refractivity contribution in [1.82, 2.24) is 25.3 Å². The molecule has 0 aliphatic rings. The summed E-state index contributed by atoms with van der Waals surface area (Å²) in [5.41, 5.74) is 0.613. The quantitative estimate of drug-likeness (QED) is 0.763. The van der Waals surface area contributed by atoms with Crippen LogP contribution in [0.1, 0.15) is 16.1 Å². The van der Waals surface area contributed by atoms with E-state index in [1.165, 1.54) is 29.2 Å². The number of hydrogen-bond donors (Lipinski definition) is 2. The van der Waals surface area contributed by atoms with E-state index in [1.54, 1.807) is 6.20 Å². The van der Waals surface area contributed by atoms with Gasteiger partial charge in [0.1, 0.15) is 6.54 Å². The summed E-state index contributed by atoms with van der Waals surface area (Å²) >= 11 is 0. The highest BCUT2D eigenvalue weighted by Gasteiger charge is 2.06. The maximum Gasteiger partial charge on any atom is 0.335 e. The Labute approximate surface area is 108 Å². The number of rotatable bonds is 5. The van der Waals surface area contributed by atoms with Gasteiger partial charge in [0.15, 0.2) is 0 Å². The van der Waals surface area contributed by atoms with Gasteiger partial charge in [-0.05, 0) is 12.1 Å². The number of aromatic carboxylic acids is 1. The molecule has 1 amide bonds. The first-order valence-corrected chi connectivity index (χ1v) is 5.44. The lowest BCUT2D eigenvalue weighted by Crippen LogP contribution is -2.27. The third-order valence-corrected chi connectivity index (χ3v) is 2.31. The Kier molecular flexibility index (Phi) is 3.81. The molecule has 8 heteroatoms. The average Bonchev–Trinajstić information content (AvgIpc) is 2.89. The van der Waals surface area contributed by atoms with Crippen molar-refractivity contribution < 1.29 is 14.7 Å². The molecule has 0 saturated heterocycles. The number of aromatic nitrogens is 4. The van der Waals surface area contributed by atoms with Crippen LogP contribution in [0.5, 0.6) is 0 Å². The summed E-state index contributed by atoms with van der Waals surface area (Å²) in [5.74, 6) is -1.29. The molecule has 0 radical (unpaired) electrons. The summed E-state index contributed by atoms with van der Waals surface area (Å²) in [4.78, 5) is 26.3. The summed E-state index contributed by atoms with van der Waals surface area (Å²) in [6.45, 7) is 0.216. The van der Waals surface area contributed by atoms with Crippen molar-refractivity contribution in [1.29, 1.82) is 0 Å². The number of amides is 1. The fourth-order valence-corrected chi connectivity index (χ4v) is 1.42. The van der Waals surface area contributed by atoms with Crippen molar-refractivity contribution in [3.05, 3.63) is 42.0 Å². The third-order valence-electron chi connectivity index (χ3n) is 2.31. The van der Waals surface area contributed by atoms with Crippen LogP contribution < -0.4 is 5.32 Å². The molecule has 0 aromatic carbocycles. The molecule has 0 unspecified atom stereocenters. The molecule has 19 heavy (non-hydrogen) atoms. The van der Waals surface area contributed by atoms with E-state index in [0.29, 0.717) is 5.69 Å². The van der Waals surface area contributed by atoms with Crippen LogP contribution in [0.4, 0.5) is 0 Å². The van der Waals surface area contributed by atoms with Crippen LogP contribution in [-0.2, 0) is 17.9 Å². The minimum Gasteiger partial charge on any atom is -0.478 e. The first-order valence-electron chi connectivity index (χ1n) is 5.44. The molecule has 0 atom stereocenters.